The third kappa shape index (κ3) is 6.34. The molecule has 2 heterocycles. The molecule has 2 aliphatic heterocycles. The highest BCUT2D eigenvalue weighted by molar-refractivity contribution is 5.79. The van der Waals surface area contributed by atoms with Gasteiger partial charge in [0.25, 0.3) is 0 Å². The molecular formula is C23H41N3O3. The standard InChI is InChI=1S/C23H41N3O3/c1-23(2,3)20-18(10-7-15-29-20)16-24-22(28)25-19-11-13-26(14-12-19)21(27)17-8-5-4-6-9-17/h17-20H,4-16H2,1-3H3,(H2,24,25,28). The molecule has 0 aromatic rings. The van der Waals surface area contributed by atoms with E-state index in [9.17, 15) is 9.59 Å². The number of carbonyl (C=O) groups is 2. The minimum absolute atomic E-state index is 0.0831. The second-order valence-corrected chi connectivity index (χ2v) is 10.3. The summed E-state index contributed by atoms with van der Waals surface area (Å²) in [6, 6.07) is 0.0757. The van der Waals surface area contributed by atoms with E-state index in [2.05, 4.69) is 31.4 Å². The highest BCUT2D eigenvalue weighted by Crippen LogP contribution is 2.33. The maximum atomic E-state index is 12.7. The van der Waals surface area contributed by atoms with Gasteiger partial charge in [0.05, 0.1) is 6.10 Å². The van der Waals surface area contributed by atoms with Crippen LogP contribution in [0.15, 0.2) is 0 Å². The summed E-state index contributed by atoms with van der Waals surface area (Å²) in [5, 5.41) is 6.20. The van der Waals surface area contributed by atoms with Gasteiger partial charge in [-0.2, -0.15) is 0 Å². The lowest BCUT2D eigenvalue weighted by molar-refractivity contribution is -0.137. The van der Waals surface area contributed by atoms with Gasteiger partial charge in [0.15, 0.2) is 0 Å². The molecule has 3 rings (SSSR count). The Kier molecular flexibility index (Phi) is 7.83. The summed E-state index contributed by atoms with van der Waals surface area (Å²) < 4.78 is 6.01. The maximum Gasteiger partial charge on any atom is 0.315 e. The number of nitrogens with one attached hydrogen (secondary N) is 2. The molecule has 2 saturated heterocycles. The van der Waals surface area contributed by atoms with Gasteiger partial charge in [0.2, 0.25) is 5.91 Å². The smallest absolute Gasteiger partial charge is 0.315 e. The predicted octanol–water partition coefficient (Wildman–Crippen LogP) is 3.70. The van der Waals surface area contributed by atoms with Crippen LogP contribution >= 0.6 is 0 Å². The Morgan fingerprint density at radius 1 is 0.966 bits per heavy atom. The van der Waals surface area contributed by atoms with Crippen molar-refractivity contribution in [3.8, 4) is 0 Å². The van der Waals surface area contributed by atoms with Crippen LogP contribution in [0, 0.1) is 17.3 Å². The summed E-state index contributed by atoms with van der Waals surface area (Å²) in [6.07, 6.45) is 9.82. The molecule has 2 unspecified atom stereocenters. The van der Waals surface area contributed by atoms with Gasteiger partial charge in [0.1, 0.15) is 0 Å². The average molecular weight is 408 g/mol. The zero-order chi connectivity index (χ0) is 20.9. The number of hydrogen-bond donors (Lipinski definition) is 2. The average Bonchev–Trinajstić information content (AvgIpc) is 2.72. The quantitative estimate of drug-likeness (QED) is 0.746. The Morgan fingerprint density at radius 3 is 2.31 bits per heavy atom. The van der Waals surface area contributed by atoms with E-state index >= 15 is 0 Å². The highest BCUT2D eigenvalue weighted by atomic mass is 16.5. The van der Waals surface area contributed by atoms with Crippen molar-refractivity contribution in [1.82, 2.24) is 15.5 Å². The number of ether oxygens (including phenoxy) is 1. The molecule has 0 aromatic carbocycles. The first-order chi connectivity index (χ1) is 13.8. The number of urea groups is 1. The number of amides is 3. The molecule has 6 nitrogen and oxygen atoms in total. The first-order valence-corrected chi connectivity index (χ1v) is 11.8. The van der Waals surface area contributed by atoms with Crippen LogP contribution in [0.5, 0.6) is 0 Å². The van der Waals surface area contributed by atoms with Crippen molar-refractivity contribution in [3.05, 3.63) is 0 Å². The van der Waals surface area contributed by atoms with Crippen LogP contribution in [0.25, 0.3) is 0 Å². The monoisotopic (exact) mass is 407 g/mol. The van der Waals surface area contributed by atoms with Crippen molar-refractivity contribution in [3.63, 3.8) is 0 Å². The molecule has 3 aliphatic rings. The summed E-state index contributed by atoms with van der Waals surface area (Å²) in [4.78, 5) is 27.1. The zero-order valence-corrected chi connectivity index (χ0v) is 18.7. The van der Waals surface area contributed by atoms with Crippen molar-refractivity contribution >= 4 is 11.9 Å². The van der Waals surface area contributed by atoms with Gasteiger partial charge in [-0.1, -0.05) is 40.0 Å². The fourth-order valence-corrected chi connectivity index (χ4v) is 5.32. The highest BCUT2D eigenvalue weighted by Gasteiger charge is 2.35. The van der Waals surface area contributed by atoms with Crippen LogP contribution in [0.3, 0.4) is 0 Å². The molecule has 2 N–H and O–H groups in total. The number of piperidine rings is 1. The first kappa shape index (κ1) is 22.4. The van der Waals surface area contributed by atoms with Gasteiger partial charge in [-0.15, -0.1) is 0 Å². The van der Waals surface area contributed by atoms with Gasteiger partial charge in [-0.3, -0.25) is 4.79 Å². The number of nitrogens with zero attached hydrogens (tertiary/aromatic N) is 1. The summed E-state index contributed by atoms with van der Waals surface area (Å²) >= 11 is 0. The largest absolute Gasteiger partial charge is 0.377 e. The minimum Gasteiger partial charge on any atom is -0.377 e. The van der Waals surface area contributed by atoms with E-state index in [1.165, 1.54) is 19.3 Å². The van der Waals surface area contributed by atoms with Crippen molar-refractivity contribution in [2.75, 3.05) is 26.2 Å². The SMILES string of the molecule is CC(C)(C)C1OCCCC1CNC(=O)NC1CCN(C(=O)C2CCCCC2)CC1. The second-order valence-electron chi connectivity index (χ2n) is 10.3. The van der Waals surface area contributed by atoms with E-state index in [1.54, 1.807) is 0 Å². The van der Waals surface area contributed by atoms with Gasteiger partial charge < -0.3 is 20.3 Å². The van der Waals surface area contributed by atoms with Crippen LogP contribution < -0.4 is 10.6 Å². The Hall–Kier alpha value is -1.30. The summed E-state index contributed by atoms with van der Waals surface area (Å²) in [5.41, 5.74) is 0.0843. The number of likely N-dealkylation sites (tertiary alicyclic amines) is 1. The van der Waals surface area contributed by atoms with Gasteiger partial charge in [0, 0.05) is 44.1 Å². The number of rotatable bonds is 4. The first-order valence-electron chi connectivity index (χ1n) is 11.8. The Labute approximate surface area is 176 Å². The molecule has 0 spiro atoms. The lowest BCUT2D eigenvalue weighted by atomic mass is 9.78. The molecule has 1 saturated carbocycles. The summed E-state index contributed by atoms with van der Waals surface area (Å²) in [5.74, 6) is 0.951. The molecule has 166 valence electrons. The molecule has 3 fully saturated rings. The van der Waals surface area contributed by atoms with Crippen LogP contribution in [-0.4, -0.2) is 55.2 Å². The van der Waals surface area contributed by atoms with Crippen molar-refractivity contribution in [1.29, 1.82) is 0 Å². The topological polar surface area (TPSA) is 70.7 Å². The summed E-state index contributed by atoms with van der Waals surface area (Å²) in [7, 11) is 0. The van der Waals surface area contributed by atoms with Gasteiger partial charge in [-0.05, 0) is 43.9 Å². The van der Waals surface area contributed by atoms with Crippen LogP contribution in [-0.2, 0) is 9.53 Å². The number of hydrogen-bond acceptors (Lipinski definition) is 3. The molecule has 29 heavy (non-hydrogen) atoms. The van der Waals surface area contributed by atoms with Gasteiger partial charge >= 0.3 is 6.03 Å². The molecule has 1 aliphatic carbocycles. The minimum atomic E-state index is -0.0831. The Bertz CT molecular complexity index is 546. The van der Waals surface area contributed by atoms with Crippen molar-refractivity contribution in [2.24, 2.45) is 17.3 Å². The normalized spacial score (nSPS) is 27.5. The lowest BCUT2D eigenvalue weighted by Gasteiger charge is -2.40. The Balaban J connectivity index is 1.37. The molecule has 6 heteroatoms. The number of carbonyl (C=O) groups excluding carboxylic acids is 2. The van der Waals surface area contributed by atoms with Crippen LogP contribution in [0.1, 0.15) is 78.6 Å². The molecule has 3 amide bonds. The third-order valence-electron chi connectivity index (χ3n) is 6.92. The fourth-order valence-electron chi connectivity index (χ4n) is 5.32. The van der Waals surface area contributed by atoms with E-state index in [0.29, 0.717) is 18.4 Å². The lowest BCUT2D eigenvalue weighted by Crippen LogP contribution is -2.52. The predicted molar refractivity (Wildman–Crippen MR) is 115 cm³/mol. The third-order valence-corrected chi connectivity index (χ3v) is 6.92. The zero-order valence-electron chi connectivity index (χ0n) is 18.7. The second kappa shape index (κ2) is 10.1. The van der Waals surface area contributed by atoms with Crippen LogP contribution in [0.4, 0.5) is 4.79 Å². The van der Waals surface area contributed by atoms with E-state index in [4.69, 9.17) is 4.74 Å². The van der Waals surface area contributed by atoms with Crippen molar-refractivity contribution in [2.45, 2.75) is 90.7 Å². The van der Waals surface area contributed by atoms with E-state index < -0.39 is 0 Å². The van der Waals surface area contributed by atoms with Gasteiger partial charge in [-0.25, -0.2) is 4.79 Å². The maximum absolute atomic E-state index is 12.7. The Morgan fingerprint density at radius 2 is 1.66 bits per heavy atom. The van der Waals surface area contributed by atoms with Crippen LogP contribution in [0.2, 0.25) is 0 Å². The molecule has 2 atom stereocenters. The molecule has 0 aromatic heterocycles. The molecule has 0 bridgehead atoms. The fraction of sp³-hybridized carbons (Fsp3) is 0.913. The van der Waals surface area contributed by atoms with E-state index in [-0.39, 0.29) is 29.5 Å². The molecule has 0 radical (unpaired) electrons. The molecular weight excluding hydrogens is 366 g/mol. The van der Waals surface area contributed by atoms with Crippen molar-refractivity contribution < 1.29 is 14.3 Å². The van der Waals surface area contributed by atoms with E-state index in [1.807, 2.05) is 4.90 Å². The summed E-state index contributed by atoms with van der Waals surface area (Å²) in [6.45, 7) is 9.64. The van der Waals surface area contributed by atoms with E-state index in [0.717, 1.165) is 58.2 Å².